The number of ether oxygens (including phenoxy) is 1. The van der Waals surface area contributed by atoms with Crippen LogP contribution in [0.3, 0.4) is 0 Å². The lowest BCUT2D eigenvalue weighted by Gasteiger charge is -2.17. The van der Waals surface area contributed by atoms with Gasteiger partial charge in [0.25, 0.3) is 0 Å². The number of amides is 3. The van der Waals surface area contributed by atoms with Gasteiger partial charge in [-0.2, -0.15) is 0 Å². The molecule has 0 saturated heterocycles. The topological polar surface area (TPSA) is 111 Å². The molecule has 1 atom stereocenters. The summed E-state index contributed by atoms with van der Waals surface area (Å²) in [5.74, 6) is -2.00. The number of carbonyl (C=O) groups excluding carboxylic acids is 3. The zero-order valence-corrected chi connectivity index (χ0v) is 13.1. The molecule has 7 nitrogen and oxygen atoms in total. The molecule has 0 bridgehead atoms. The van der Waals surface area contributed by atoms with Gasteiger partial charge in [-0.15, -0.1) is 0 Å². The van der Waals surface area contributed by atoms with Gasteiger partial charge in [-0.3, -0.25) is 9.59 Å². The standard InChI is InChI=1S/C17H16FN3O4/c18-12-8-4-5-9-13(12)20-16(23)14(10-15(19)22)21-17(24)25-11-6-2-1-3-7-11/h1-9,14H,10H2,(H2,19,22)(H,20,23)(H,21,24)/t14-/m0/s1. The van der Waals surface area contributed by atoms with Crippen LogP contribution in [0.2, 0.25) is 0 Å². The Balaban J connectivity index is 2.04. The fourth-order valence-electron chi connectivity index (χ4n) is 1.96. The van der Waals surface area contributed by atoms with Gasteiger partial charge in [0.2, 0.25) is 11.8 Å². The van der Waals surface area contributed by atoms with Crippen molar-refractivity contribution >= 4 is 23.6 Å². The molecule has 3 amide bonds. The molecule has 8 heteroatoms. The number of primary amides is 1. The van der Waals surface area contributed by atoms with Crippen LogP contribution < -0.4 is 21.1 Å². The van der Waals surface area contributed by atoms with E-state index in [-0.39, 0.29) is 11.4 Å². The zero-order valence-electron chi connectivity index (χ0n) is 13.1. The largest absolute Gasteiger partial charge is 0.413 e. The van der Waals surface area contributed by atoms with Crippen LogP contribution in [-0.2, 0) is 9.59 Å². The van der Waals surface area contributed by atoms with Gasteiger partial charge in [0.1, 0.15) is 17.6 Å². The van der Waals surface area contributed by atoms with E-state index in [1.54, 1.807) is 30.3 Å². The minimum atomic E-state index is -1.31. The molecule has 0 heterocycles. The molecule has 0 aromatic heterocycles. The molecule has 4 N–H and O–H groups in total. The number of halogens is 1. The molecule has 0 aliphatic heterocycles. The highest BCUT2D eigenvalue weighted by Crippen LogP contribution is 2.13. The van der Waals surface area contributed by atoms with Gasteiger partial charge < -0.3 is 21.1 Å². The summed E-state index contributed by atoms with van der Waals surface area (Å²) in [5, 5.41) is 4.53. The summed E-state index contributed by atoms with van der Waals surface area (Å²) in [6.45, 7) is 0. The van der Waals surface area contributed by atoms with Gasteiger partial charge in [0, 0.05) is 0 Å². The number of hydrogen-bond donors (Lipinski definition) is 3. The number of rotatable bonds is 6. The first-order valence-electron chi connectivity index (χ1n) is 7.33. The van der Waals surface area contributed by atoms with Crippen molar-refractivity contribution in [3.8, 4) is 5.75 Å². The smallest absolute Gasteiger partial charge is 0.410 e. The van der Waals surface area contributed by atoms with E-state index in [9.17, 15) is 18.8 Å². The summed E-state index contributed by atoms with van der Waals surface area (Å²) in [5.41, 5.74) is 5.01. The Bertz CT molecular complexity index is 767. The summed E-state index contributed by atoms with van der Waals surface area (Å²) in [6, 6.07) is 12.3. The van der Waals surface area contributed by atoms with E-state index in [1.807, 2.05) is 0 Å². The summed E-state index contributed by atoms with van der Waals surface area (Å²) >= 11 is 0. The van der Waals surface area contributed by atoms with Crippen LogP contribution >= 0.6 is 0 Å². The first-order valence-corrected chi connectivity index (χ1v) is 7.33. The molecule has 0 aliphatic rings. The molecular formula is C17H16FN3O4. The fourth-order valence-corrected chi connectivity index (χ4v) is 1.96. The number of nitrogens with two attached hydrogens (primary N) is 1. The van der Waals surface area contributed by atoms with Crippen LogP contribution in [0.4, 0.5) is 14.9 Å². The third-order valence-corrected chi connectivity index (χ3v) is 3.10. The lowest BCUT2D eigenvalue weighted by Crippen LogP contribution is -2.47. The van der Waals surface area contributed by atoms with E-state index in [2.05, 4.69) is 10.6 Å². The van der Waals surface area contributed by atoms with E-state index in [0.717, 1.165) is 6.07 Å². The van der Waals surface area contributed by atoms with Gasteiger partial charge in [-0.05, 0) is 24.3 Å². The highest BCUT2D eigenvalue weighted by atomic mass is 19.1. The van der Waals surface area contributed by atoms with Crippen molar-refractivity contribution in [3.63, 3.8) is 0 Å². The number of carbonyl (C=O) groups is 3. The minimum Gasteiger partial charge on any atom is -0.410 e. The SMILES string of the molecule is NC(=O)C[C@H](NC(=O)Oc1ccccc1)C(=O)Nc1ccccc1F. The van der Waals surface area contributed by atoms with Crippen LogP contribution in [0.1, 0.15) is 6.42 Å². The van der Waals surface area contributed by atoms with E-state index in [1.165, 1.54) is 18.2 Å². The lowest BCUT2D eigenvalue weighted by molar-refractivity contribution is -0.123. The zero-order chi connectivity index (χ0) is 18.2. The molecule has 0 fully saturated rings. The van der Waals surface area contributed by atoms with Gasteiger partial charge in [-0.1, -0.05) is 30.3 Å². The first kappa shape index (κ1) is 17.9. The molecule has 0 aliphatic carbocycles. The van der Waals surface area contributed by atoms with Crippen molar-refractivity contribution < 1.29 is 23.5 Å². The average molecular weight is 345 g/mol. The highest BCUT2D eigenvalue weighted by Gasteiger charge is 2.24. The molecule has 2 aromatic rings. The molecule has 0 spiro atoms. The number of para-hydroxylation sites is 2. The molecular weight excluding hydrogens is 329 g/mol. The van der Waals surface area contributed by atoms with Crippen molar-refractivity contribution in [2.24, 2.45) is 5.73 Å². The Kier molecular flexibility index (Phi) is 6.05. The quantitative estimate of drug-likeness (QED) is 0.741. The van der Waals surface area contributed by atoms with Crippen molar-refractivity contribution in [1.82, 2.24) is 5.32 Å². The fraction of sp³-hybridized carbons (Fsp3) is 0.118. The average Bonchev–Trinajstić information content (AvgIpc) is 2.56. The minimum absolute atomic E-state index is 0.0832. The van der Waals surface area contributed by atoms with Crippen LogP contribution in [-0.4, -0.2) is 23.9 Å². The molecule has 25 heavy (non-hydrogen) atoms. The summed E-state index contributed by atoms with van der Waals surface area (Å²) in [7, 11) is 0. The predicted molar refractivity (Wildman–Crippen MR) is 88.2 cm³/mol. The van der Waals surface area contributed by atoms with Gasteiger partial charge in [0.05, 0.1) is 12.1 Å². The van der Waals surface area contributed by atoms with Crippen molar-refractivity contribution in [3.05, 3.63) is 60.4 Å². The van der Waals surface area contributed by atoms with Gasteiger partial charge in [-0.25, -0.2) is 9.18 Å². The van der Waals surface area contributed by atoms with E-state index < -0.39 is 36.2 Å². The lowest BCUT2D eigenvalue weighted by atomic mass is 10.1. The van der Waals surface area contributed by atoms with Gasteiger partial charge >= 0.3 is 6.09 Å². The van der Waals surface area contributed by atoms with Crippen molar-refractivity contribution in [2.75, 3.05) is 5.32 Å². The van der Waals surface area contributed by atoms with E-state index >= 15 is 0 Å². The summed E-state index contributed by atoms with van der Waals surface area (Å²) < 4.78 is 18.6. The Morgan fingerprint density at radius 2 is 1.68 bits per heavy atom. The Labute approximate surface area is 143 Å². The molecule has 2 rings (SSSR count). The van der Waals surface area contributed by atoms with Crippen LogP contribution in [0.15, 0.2) is 54.6 Å². The van der Waals surface area contributed by atoms with E-state index in [4.69, 9.17) is 10.5 Å². The number of anilines is 1. The maximum absolute atomic E-state index is 13.6. The monoisotopic (exact) mass is 345 g/mol. The molecule has 0 unspecified atom stereocenters. The van der Waals surface area contributed by atoms with E-state index in [0.29, 0.717) is 0 Å². The summed E-state index contributed by atoms with van der Waals surface area (Å²) in [6.07, 6.45) is -1.41. The predicted octanol–water partition coefficient (Wildman–Crippen LogP) is 1.80. The third-order valence-electron chi connectivity index (χ3n) is 3.10. The molecule has 0 radical (unpaired) electrons. The maximum atomic E-state index is 13.6. The Hall–Kier alpha value is -3.42. The van der Waals surface area contributed by atoms with Crippen LogP contribution in [0.25, 0.3) is 0 Å². The second-order valence-electron chi connectivity index (χ2n) is 5.04. The first-order chi connectivity index (χ1) is 12.0. The number of benzene rings is 2. The molecule has 130 valence electrons. The van der Waals surface area contributed by atoms with Crippen molar-refractivity contribution in [2.45, 2.75) is 12.5 Å². The normalized spacial score (nSPS) is 11.2. The van der Waals surface area contributed by atoms with Crippen molar-refractivity contribution in [1.29, 1.82) is 0 Å². The second kappa shape index (κ2) is 8.44. The second-order valence-corrected chi connectivity index (χ2v) is 5.04. The molecule has 2 aromatic carbocycles. The van der Waals surface area contributed by atoms with Crippen LogP contribution in [0.5, 0.6) is 5.75 Å². The maximum Gasteiger partial charge on any atom is 0.413 e. The third kappa shape index (κ3) is 5.61. The number of nitrogens with one attached hydrogen (secondary N) is 2. The van der Waals surface area contributed by atoms with Gasteiger partial charge in [0.15, 0.2) is 0 Å². The molecule has 0 saturated carbocycles. The Morgan fingerprint density at radius 3 is 2.32 bits per heavy atom. The highest BCUT2D eigenvalue weighted by molar-refractivity contribution is 5.99. The Morgan fingerprint density at radius 1 is 1.04 bits per heavy atom. The number of hydrogen-bond acceptors (Lipinski definition) is 4. The van der Waals surface area contributed by atoms with Crippen LogP contribution in [0, 0.1) is 5.82 Å². The summed E-state index contributed by atoms with van der Waals surface area (Å²) in [4.78, 5) is 35.3.